The number of rotatable bonds is 10. The summed E-state index contributed by atoms with van der Waals surface area (Å²) in [4.78, 5) is 49.4. The largest absolute Gasteiger partial charge is 0.494 e. The number of hydrogen-bond acceptors (Lipinski definition) is 7. The maximum atomic E-state index is 13.4. The van der Waals surface area contributed by atoms with E-state index in [9.17, 15) is 18.8 Å². The monoisotopic (exact) mass is 573 g/mol. The molecule has 11 heteroatoms. The lowest BCUT2D eigenvalue weighted by molar-refractivity contribution is -0.125. The maximum Gasteiger partial charge on any atom is 0.259 e. The van der Waals surface area contributed by atoms with Crippen LogP contribution in [0.25, 0.3) is 0 Å². The fourth-order valence-corrected chi connectivity index (χ4v) is 5.18. The number of benzene rings is 3. The molecular formula is C30H28FN5O4S. The molecule has 5 rings (SSSR count). The first kappa shape index (κ1) is 28.0. The number of thioether (sulfide) groups is 1. The lowest BCUT2D eigenvalue weighted by Gasteiger charge is -2.25. The van der Waals surface area contributed by atoms with Crippen molar-refractivity contribution in [3.05, 3.63) is 89.7 Å². The summed E-state index contributed by atoms with van der Waals surface area (Å²) < 4.78 is 18.5. The van der Waals surface area contributed by atoms with Crippen molar-refractivity contribution in [3.63, 3.8) is 0 Å². The van der Waals surface area contributed by atoms with Crippen molar-refractivity contribution in [1.82, 2.24) is 10.2 Å². The van der Waals surface area contributed by atoms with Crippen LogP contribution in [-0.2, 0) is 20.9 Å². The lowest BCUT2D eigenvalue weighted by atomic mass is 10.1. The van der Waals surface area contributed by atoms with Gasteiger partial charge in [0.15, 0.2) is 5.17 Å². The molecule has 2 aliphatic rings. The van der Waals surface area contributed by atoms with Crippen LogP contribution in [0, 0.1) is 5.82 Å². The van der Waals surface area contributed by atoms with Gasteiger partial charge in [0.25, 0.3) is 5.91 Å². The van der Waals surface area contributed by atoms with E-state index in [2.05, 4.69) is 20.6 Å². The van der Waals surface area contributed by atoms with Gasteiger partial charge in [0.2, 0.25) is 11.8 Å². The molecule has 2 heterocycles. The number of aliphatic imine (C=N–C) groups is 2. The van der Waals surface area contributed by atoms with Crippen LogP contribution in [0.4, 0.5) is 15.8 Å². The Kier molecular flexibility index (Phi) is 8.73. The molecule has 0 unspecified atom stereocenters. The van der Waals surface area contributed by atoms with Gasteiger partial charge in [-0.1, -0.05) is 36.0 Å². The Morgan fingerprint density at radius 1 is 1.02 bits per heavy atom. The number of amidine groups is 2. The molecular weight excluding hydrogens is 545 g/mol. The van der Waals surface area contributed by atoms with Crippen molar-refractivity contribution in [2.75, 3.05) is 17.7 Å². The van der Waals surface area contributed by atoms with Crippen molar-refractivity contribution >= 4 is 51.9 Å². The zero-order chi connectivity index (χ0) is 28.8. The molecule has 1 atom stereocenters. The minimum atomic E-state index is -0.754. The molecule has 0 saturated heterocycles. The van der Waals surface area contributed by atoms with Crippen LogP contribution in [0.3, 0.4) is 0 Å². The van der Waals surface area contributed by atoms with Gasteiger partial charge >= 0.3 is 0 Å². The Hall–Kier alpha value is -4.51. The van der Waals surface area contributed by atoms with Crippen LogP contribution >= 0.6 is 11.8 Å². The van der Waals surface area contributed by atoms with E-state index in [-0.39, 0.29) is 48.7 Å². The molecule has 0 bridgehead atoms. The van der Waals surface area contributed by atoms with E-state index < -0.39 is 6.04 Å². The highest BCUT2D eigenvalue weighted by Gasteiger charge is 2.41. The van der Waals surface area contributed by atoms with E-state index in [0.29, 0.717) is 34.5 Å². The predicted molar refractivity (Wildman–Crippen MR) is 157 cm³/mol. The predicted octanol–water partition coefficient (Wildman–Crippen LogP) is 4.65. The fourth-order valence-electron chi connectivity index (χ4n) is 4.37. The number of nitrogens with one attached hydrogen (secondary N) is 2. The third-order valence-electron chi connectivity index (χ3n) is 6.38. The second-order valence-electron chi connectivity index (χ2n) is 9.29. The number of amides is 3. The molecule has 0 aromatic heterocycles. The van der Waals surface area contributed by atoms with E-state index in [4.69, 9.17) is 4.74 Å². The van der Waals surface area contributed by atoms with Crippen LogP contribution in [0.5, 0.6) is 5.75 Å². The highest BCUT2D eigenvalue weighted by atomic mass is 32.2. The Labute approximate surface area is 240 Å². The number of hydrogen-bond donors (Lipinski definition) is 2. The number of ether oxygens (including phenoxy) is 1. The van der Waals surface area contributed by atoms with E-state index in [1.165, 1.54) is 17.0 Å². The average Bonchev–Trinajstić information content (AvgIpc) is 3.32. The number of carbonyl (C=O) groups is 3. The number of anilines is 1. The minimum absolute atomic E-state index is 0.0295. The van der Waals surface area contributed by atoms with Gasteiger partial charge in [0, 0.05) is 24.2 Å². The van der Waals surface area contributed by atoms with Crippen molar-refractivity contribution in [2.24, 2.45) is 9.98 Å². The first-order valence-electron chi connectivity index (χ1n) is 13.2. The van der Waals surface area contributed by atoms with Gasteiger partial charge in [-0.2, -0.15) is 0 Å². The lowest BCUT2D eigenvalue weighted by Crippen LogP contribution is -2.41. The SMILES string of the molecule is CCOc1ccc(NC(=O)CSC2=Nc3ccccc3C3=N[C@H](CCC(=O)NCc4ccc(F)cc4)C(=O)N23)cc1. The molecule has 0 fully saturated rings. The quantitative estimate of drug-likeness (QED) is 0.367. The molecule has 2 aliphatic heterocycles. The van der Waals surface area contributed by atoms with E-state index in [0.717, 1.165) is 23.1 Å². The molecule has 0 aliphatic carbocycles. The second-order valence-corrected chi connectivity index (χ2v) is 10.2. The summed E-state index contributed by atoms with van der Waals surface area (Å²) in [5.74, 6) is 0.0929. The molecule has 3 aromatic carbocycles. The van der Waals surface area contributed by atoms with Crippen LogP contribution in [-0.4, -0.2) is 52.0 Å². The van der Waals surface area contributed by atoms with Gasteiger partial charge in [0.05, 0.1) is 18.0 Å². The normalized spacial score (nSPS) is 15.4. The topological polar surface area (TPSA) is 112 Å². The molecule has 210 valence electrons. The van der Waals surface area contributed by atoms with Gasteiger partial charge in [0.1, 0.15) is 23.4 Å². The van der Waals surface area contributed by atoms with Crippen LogP contribution < -0.4 is 15.4 Å². The summed E-state index contributed by atoms with van der Waals surface area (Å²) >= 11 is 1.14. The molecule has 2 N–H and O–H groups in total. The summed E-state index contributed by atoms with van der Waals surface area (Å²) in [5.41, 5.74) is 2.78. The molecule has 3 aromatic rings. The van der Waals surface area contributed by atoms with Gasteiger partial charge in [-0.3, -0.25) is 19.4 Å². The van der Waals surface area contributed by atoms with Crippen LogP contribution in [0.1, 0.15) is 30.9 Å². The first-order valence-corrected chi connectivity index (χ1v) is 14.2. The highest BCUT2D eigenvalue weighted by Crippen LogP contribution is 2.34. The molecule has 0 spiro atoms. The fraction of sp³-hybridized carbons (Fsp3) is 0.233. The standard InChI is InChI=1S/C30H28FN5O4S/c1-2-40-22-13-11-21(12-14-22)33-27(38)18-41-30-35-24-6-4-3-5-23(24)28-34-25(29(39)36(28)30)15-16-26(37)32-17-19-7-9-20(31)10-8-19/h3-14,25H,2,15-18H2,1H3,(H,32,37)(H,33,38)/t25-/m1/s1. The number of carbonyl (C=O) groups excluding carboxylic acids is 3. The second kappa shape index (κ2) is 12.8. The van der Waals surface area contributed by atoms with Gasteiger partial charge in [-0.05, 0) is 67.4 Å². The van der Waals surface area contributed by atoms with Gasteiger partial charge < -0.3 is 15.4 Å². The van der Waals surface area contributed by atoms with Crippen LogP contribution in [0.2, 0.25) is 0 Å². The van der Waals surface area contributed by atoms with E-state index in [1.54, 1.807) is 36.4 Å². The van der Waals surface area contributed by atoms with E-state index >= 15 is 0 Å². The zero-order valence-electron chi connectivity index (χ0n) is 22.3. The van der Waals surface area contributed by atoms with Crippen molar-refractivity contribution < 1.29 is 23.5 Å². The Balaban J connectivity index is 1.21. The zero-order valence-corrected chi connectivity index (χ0v) is 23.1. The molecule has 0 radical (unpaired) electrons. The third kappa shape index (κ3) is 6.80. The van der Waals surface area contributed by atoms with Crippen molar-refractivity contribution in [1.29, 1.82) is 0 Å². The Morgan fingerprint density at radius 3 is 2.54 bits per heavy atom. The first-order chi connectivity index (χ1) is 19.9. The van der Waals surface area contributed by atoms with Crippen molar-refractivity contribution in [3.8, 4) is 5.75 Å². The molecule has 41 heavy (non-hydrogen) atoms. The van der Waals surface area contributed by atoms with Gasteiger partial charge in [-0.15, -0.1) is 0 Å². The third-order valence-corrected chi connectivity index (χ3v) is 7.32. The molecule has 3 amide bonds. The number of halogens is 1. The summed E-state index contributed by atoms with van der Waals surface area (Å²) in [6.45, 7) is 2.72. The number of para-hydroxylation sites is 1. The minimum Gasteiger partial charge on any atom is -0.494 e. The summed E-state index contributed by atoms with van der Waals surface area (Å²) in [6, 6.07) is 19.6. The maximum absolute atomic E-state index is 13.4. The molecule has 0 saturated carbocycles. The van der Waals surface area contributed by atoms with Gasteiger partial charge in [-0.25, -0.2) is 14.3 Å². The van der Waals surface area contributed by atoms with Crippen molar-refractivity contribution in [2.45, 2.75) is 32.4 Å². The summed E-state index contributed by atoms with van der Waals surface area (Å²) in [7, 11) is 0. The number of fused-ring (bicyclic) bond motifs is 3. The van der Waals surface area contributed by atoms with Crippen LogP contribution in [0.15, 0.2) is 82.8 Å². The highest BCUT2D eigenvalue weighted by molar-refractivity contribution is 8.14. The smallest absolute Gasteiger partial charge is 0.259 e. The summed E-state index contributed by atoms with van der Waals surface area (Å²) in [6.07, 6.45) is 0.306. The Morgan fingerprint density at radius 2 is 1.78 bits per heavy atom. The average molecular weight is 574 g/mol. The summed E-state index contributed by atoms with van der Waals surface area (Å²) in [5, 5.41) is 5.99. The van der Waals surface area contributed by atoms with E-state index in [1.807, 2.05) is 31.2 Å². The molecule has 9 nitrogen and oxygen atoms in total. The number of nitrogens with zero attached hydrogens (tertiary/aromatic N) is 3. The Bertz CT molecular complexity index is 1510.